The topological polar surface area (TPSA) is 63.5 Å². The quantitative estimate of drug-likeness (QED) is 0.480. The number of nitro groups is 1. The third-order valence-electron chi connectivity index (χ3n) is 3.24. The number of thioether (sulfide) groups is 1. The van der Waals surface area contributed by atoms with Gasteiger partial charge in [0, 0.05) is 24.6 Å². The highest BCUT2D eigenvalue weighted by Crippen LogP contribution is 2.26. The van der Waals surface area contributed by atoms with Crippen LogP contribution in [0.1, 0.15) is 15.9 Å². The minimum atomic E-state index is -0.520. The van der Waals surface area contributed by atoms with Crippen molar-refractivity contribution < 1.29 is 9.72 Å². The van der Waals surface area contributed by atoms with Crippen LogP contribution < -0.4 is 0 Å². The average Bonchev–Trinajstić information content (AvgIpc) is 2.54. The molecule has 5 nitrogen and oxygen atoms in total. The molecule has 22 heavy (non-hydrogen) atoms. The number of carbonyl (C=O) groups excluding carboxylic acids is 1. The lowest BCUT2D eigenvalue weighted by Crippen LogP contribution is -2.26. The summed E-state index contributed by atoms with van der Waals surface area (Å²) in [5, 5.41) is 11.1. The molecule has 0 unspecified atom stereocenters. The van der Waals surface area contributed by atoms with Crippen molar-refractivity contribution in [3.05, 3.63) is 69.8 Å². The lowest BCUT2D eigenvalue weighted by atomic mass is 10.1. The minimum absolute atomic E-state index is 0.121. The summed E-state index contributed by atoms with van der Waals surface area (Å²) in [4.78, 5) is 25.5. The number of rotatable bonds is 5. The Kier molecular flexibility index (Phi) is 5.16. The first-order valence-electron chi connectivity index (χ1n) is 6.64. The molecule has 0 N–H and O–H groups in total. The summed E-state index contributed by atoms with van der Waals surface area (Å²) in [5.41, 5.74) is 0.931. The molecule has 0 heterocycles. The maximum Gasteiger partial charge on any atom is 0.282 e. The van der Waals surface area contributed by atoms with Crippen molar-refractivity contribution >= 4 is 23.4 Å². The molecule has 2 rings (SSSR count). The van der Waals surface area contributed by atoms with E-state index in [4.69, 9.17) is 0 Å². The van der Waals surface area contributed by atoms with Crippen molar-refractivity contribution in [3.8, 4) is 0 Å². The second-order valence-electron chi connectivity index (χ2n) is 4.79. The van der Waals surface area contributed by atoms with Gasteiger partial charge in [-0.1, -0.05) is 30.3 Å². The van der Waals surface area contributed by atoms with E-state index in [9.17, 15) is 14.9 Å². The van der Waals surface area contributed by atoms with Gasteiger partial charge in [0.05, 0.1) is 4.92 Å². The molecular formula is C16H16N2O3S. The zero-order chi connectivity index (χ0) is 16.1. The molecule has 0 saturated carbocycles. The Labute approximate surface area is 133 Å². The van der Waals surface area contributed by atoms with Crippen LogP contribution in [0, 0.1) is 10.1 Å². The second kappa shape index (κ2) is 7.09. The summed E-state index contributed by atoms with van der Waals surface area (Å²) in [6.07, 6.45) is 1.86. The Hall–Kier alpha value is -2.34. The number of amides is 1. The smallest absolute Gasteiger partial charge is 0.282 e. The van der Waals surface area contributed by atoms with Crippen LogP contribution in [0.4, 0.5) is 5.69 Å². The Bertz CT molecular complexity index is 689. The van der Waals surface area contributed by atoms with Crippen molar-refractivity contribution in [2.75, 3.05) is 13.3 Å². The van der Waals surface area contributed by atoms with Crippen molar-refractivity contribution in [1.82, 2.24) is 4.90 Å². The van der Waals surface area contributed by atoms with E-state index < -0.39 is 4.92 Å². The minimum Gasteiger partial charge on any atom is -0.337 e. The third kappa shape index (κ3) is 3.65. The van der Waals surface area contributed by atoms with Gasteiger partial charge >= 0.3 is 0 Å². The number of nitro benzene ring substituents is 1. The summed E-state index contributed by atoms with van der Waals surface area (Å²) < 4.78 is 0. The van der Waals surface area contributed by atoms with Gasteiger partial charge in [-0.25, -0.2) is 0 Å². The Morgan fingerprint density at radius 3 is 2.50 bits per heavy atom. The lowest BCUT2D eigenvalue weighted by Gasteiger charge is -2.17. The summed E-state index contributed by atoms with van der Waals surface area (Å²) in [5.74, 6) is -0.355. The summed E-state index contributed by atoms with van der Waals surface area (Å²) >= 11 is 1.44. The predicted molar refractivity (Wildman–Crippen MR) is 87.1 cm³/mol. The summed E-state index contributed by atoms with van der Waals surface area (Å²) in [6, 6.07) is 14.1. The zero-order valence-corrected chi connectivity index (χ0v) is 13.2. The van der Waals surface area contributed by atoms with Crippen molar-refractivity contribution in [2.45, 2.75) is 11.4 Å². The van der Waals surface area contributed by atoms with Crippen LogP contribution >= 0.6 is 11.8 Å². The summed E-state index contributed by atoms with van der Waals surface area (Å²) in [7, 11) is 1.64. The van der Waals surface area contributed by atoms with Crippen LogP contribution in [0.5, 0.6) is 0 Å². The molecule has 0 fully saturated rings. The molecule has 2 aromatic carbocycles. The van der Waals surface area contributed by atoms with E-state index in [1.807, 2.05) is 36.6 Å². The number of hydrogen-bond donors (Lipinski definition) is 0. The van der Waals surface area contributed by atoms with Crippen LogP contribution in [-0.4, -0.2) is 29.0 Å². The first kappa shape index (κ1) is 16.0. The Morgan fingerprint density at radius 1 is 1.23 bits per heavy atom. The highest BCUT2D eigenvalue weighted by atomic mass is 32.2. The van der Waals surface area contributed by atoms with Crippen LogP contribution in [0.3, 0.4) is 0 Å². The maximum atomic E-state index is 12.6. The molecule has 114 valence electrons. The fourth-order valence-electron chi connectivity index (χ4n) is 2.11. The number of carbonyl (C=O) groups is 1. The molecule has 0 saturated heterocycles. The monoisotopic (exact) mass is 316 g/mol. The molecule has 0 bridgehead atoms. The number of benzene rings is 2. The molecule has 1 amide bonds. The Morgan fingerprint density at radius 2 is 1.91 bits per heavy atom. The standard InChI is InChI=1S/C16H16N2O3S/c1-17(11-12-6-4-3-5-7-12)16(19)14-10-13(22-2)8-9-15(14)18(20)21/h3-10H,11H2,1-2H3. The van der Waals surface area contributed by atoms with E-state index in [1.54, 1.807) is 19.2 Å². The van der Waals surface area contributed by atoms with E-state index in [1.165, 1.54) is 22.7 Å². The van der Waals surface area contributed by atoms with Crippen molar-refractivity contribution in [2.24, 2.45) is 0 Å². The van der Waals surface area contributed by atoms with Gasteiger partial charge < -0.3 is 4.90 Å². The van der Waals surface area contributed by atoms with Gasteiger partial charge in [0.25, 0.3) is 11.6 Å². The van der Waals surface area contributed by atoms with Crippen LogP contribution in [0.15, 0.2) is 53.4 Å². The van der Waals surface area contributed by atoms with E-state index in [-0.39, 0.29) is 17.2 Å². The SMILES string of the molecule is CSc1ccc([N+](=O)[O-])c(C(=O)N(C)Cc2ccccc2)c1. The second-order valence-corrected chi connectivity index (χ2v) is 5.67. The van der Waals surface area contributed by atoms with Gasteiger partial charge in [-0.3, -0.25) is 14.9 Å². The molecule has 2 aromatic rings. The first-order valence-corrected chi connectivity index (χ1v) is 7.87. The molecule has 0 aromatic heterocycles. The summed E-state index contributed by atoms with van der Waals surface area (Å²) in [6.45, 7) is 0.403. The van der Waals surface area contributed by atoms with Crippen LogP contribution in [0.2, 0.25) is 0 Å². The maximum absolute atomic E-state index is 12.6. The molecular weight excluding hydrogens is 300 g/mol. The lowest BCUT2D eigenvalue weighted by molar-refractivity contribution is -0.385. The van der Waals surface area contributed by atoms with Gasteiger partial charge in [0.2, 0.25) is 0 Å². The zero-order valence-electron chi connectivity index (χ0n) is 12.4. The van der Waals surface area contributed by atoms with Gasteiger partial charge in [-0.15, -0.1) is 11.8 Å². The highest BCUT2D eigenvalue weighted by Gasteiger charge is 2.23. The van der Waals surface area contributed by atoms with E-state index >= 15 is 0 Å². The average molecular weight is 316 g/mol. The van der Waals surface area contributed by atoms with Gasteiger partial charge in [-0.2, -0.15) is 0 Å². The largest absolute Gasteiger partial charge is 0.337 e. The van der Waals surface area contributed by atoms with E-state index in [0.29, 0.717) is 6.54 Å². The van der Waals surface area contributed by atoms with Gasteiger partial charge in [0.15, 0.2) is 0 Å². The molecule has 0 aliphatic rings. The molecule has 0 radical (unpaired) electrons. The van der Waals surface area contributed by atoms with Crippen molar-refractivity contribution in [1.29, 1.82) is 0 Å². The molecule has 0 aliphatic carbocycles. The predicted octanol–water partition coefficient (Wildman–Crippen LogP) is 3.59. The third-order valence-corrected chi connectivity index (χ3v) is 3.97. The van der Waals surface area contributed by atoms with Gasteiger partial charge in [-0.05, 0) is 24.0 Å². The van der Waals surface area contributed by atoms with Gasteiger partial charge in [0.1, 0.15) is 5.56 Å². The number of nitrogens with zero attached hydrogens (tertiary/aromatic N) is 2. The number of hydrogen-bond acceptors (Lipinski definition) is 4. The first-order chi connectivity index (χ1) is 10.5. The molecule has 0 spiro atoms. The Balaban J connectivity index is 2.29. The molecule has 6 heteroatoms. The van der Waals surface area contributed by atoms with Crippen molar-refractivity contribution in [3.63, 3.8) is 0 Å². The molecule has 0 aliphatic heterocycles. The molecule has 0 atom stereocenters. The van der Waals surface area contributed by atoms with E-state index in [2.05, 4.69) is 0 Å². The fraction of sp³-hybridized carbons (Fsp3) is 0.188. The normalized spacial score (nSPS) is 10.3. The van der Waals surface area contributed by atoms with E-state index in [0.717, 1.165) is 10.5 Å². The fourth-order valence-corrected chi connectivity index (χ4v) is 2.55. The highest BCUT2D eigenvalue weighted by molar-refractivity contribution is 7.98. The van der Waals surface area contributed by atoms with Crippen LogP contribution in [-0.2, 0) is 6.54 Å². The van der Waals surface area contributed by atoms with Crippen LogP contribution in [0.25, 0.3) is 0 Å².